The highest BCUT2D eigenvalue weighted by atomic mass is 32.2. The van der Waals surface area contributed by atoms with Gasteiger partial charge in [0.05, 0.1) is 5.39 Å². The lowest BCUT2D eigenvalue weighted by atomic mass is 10.1. The number of carbonyl (C=O) groups is 1. The topological polar surface area (TPSA) is 89.8 Å². The molecule has 4 rings (SSSR count). The van der Waals surface area contributed by atoms with E-state index >= 15 is 0 Å². The van der Waals surface area contributed by atoms with E-state index in [1.54, 1.807) is 36.0 Å². The van der Waals surface area contributed by atoms with E-state index in [9.17, 15) is 9.59 Å². The van der Waals surface area contributed by atoms with Gasteiger partial charge in [-0.3, -0.25) is 14.9 Å². The summed E-state index contributed by atoms with van der Waals surface area (Å²) >= 11 is 2.87. The van der Waals surface area contributed by atoms with Gasteiger partial charge in [-0.2, -0.15) is 5.10 Å². The van der Waals surface area contributed by atoms with Crippen molar-refractivity contribution in [3.05, 3.63) is 75.7 Å². The van der Waals surface area contributed by atoms with Crippen LogP contribution in [0.1, 0.15) is 21.6 Å². The average Bonchev–Trinajstić information content (AvgIpc) is 3.17. The average molecular weight is 424 g/mol. The maximum Gasteiger partial charge on any atom is 0.278 e. The Bertz CT molecular complexity index is 1250. The summed E-state index contributed by atoms with van der Waals surface area (Å²) in [5.74, 6) is 0.346. The van der Waals surface area contributed by atoms with Crippen LogP contribution in [0, 0.1) is 6.92 Å². The van der Waals surface area contributed by atoms with E-state index in [0.29, 0.717) is 15.9 Å². The van der Waals surface area contributed by atoms with Crippen LogP contribution in [0.15, 0.2) is 57.7 Å². The third-order valence-corrected chi connectivity index (χ3v) is 6.32. The van der Waals surface area contributed by atoms with Gasteiger partial charge >= 0.3 is 0 Å². The van der Waals surface area contributed by atoms with Crippen LogP contribution in [-0.2, 0) is 12.8 Å². The summed E-state index contributed by atoms with van der Waals surface area (Å²) in [6.07, 6.45) is 0. The van der Waals surface area contributed by atoms with E-state index in [-0.39, 0.29) is 11.3 Å². The molecule has 0 radical (unpaired) electrons. The van der Waals surface area contributed by atoms with Crippen LogP contribution in [0.2, 0.25) is 0 Å². The van der Waals surface area contributed by atoms with Crippen LogP contribution in [0.3, 0.4) is 0 Å². The van der Waals surface area contributed by atoms with E-state index < -0.39 is 5.91 Å². The van der Waals surface area contributed by atoms with Crippen molar-refractivity contribution in [2.45, 2.75) is 17.0 Å². The molecular weight excluding hydrogens is 406 g/mol. The molecule has 2 aromatic carbocycles. The lowest BCUT2D eigenvalue weighted by molar-refractivity contribution is 0.102. The molecule has 1 N–H and O–H groups in total. The number of rotatable bonds is 5. The third kappa shape index (κ3) is 4.20. The standard InChI is InChI=1S/C20H17N5O2S2/c1-12-7-9-13(10-8-12)11-28-20-23-22-19(29-20)21-17(26)16-14-5-3-4-6-15(14)18(27)25(2)24-16/h3-10H,11H2,1-2H3,(H,21,22,26). The van der Waals surface area contributed by atoms with Crippen LogP contribution in [0.4, 0.5) is 5.13 Å². The predicted molar refractivity (Wildman–Crippen MR) is 116 cm³/mol. The van der Waals surface area contributed by atoms with Gasteiger partial charge in [-0.05, 0) is 18.6 Å². The van der Waals surface area contributed by atoms with Gasteiger partial charge in [-0.25, -0.2) is 4.68 Å². The molecule has 2 heterocycles. The lowest BCUT2D eigenvalue weighted by Gasteiger charge is -2.07. The van der Waals surface area contributed by atoms with Crippen molar-refractivity contribution < 1.29 is 4.79 Å². The second-order valence-electron chi connectivity index (χ2n) is 6.42. The number of amides is 1. The highest BCUT2D eigenvalue weighted by Gasteiger charge is 2.17. The fraction of sp³-hybridized carbons (Fsp3) is 0.150. The number of nitrogens with zero attached hydrogens (tertiary/aromatic N) is 4. The first-order valence-corrected chi connectivity index (χ1v) is 10.6. The molecule has 4 aromatic rings. The number of benzene rings is 2. The van der Waals surface area contributed by atoms with E-state index in [0.717, 1.165) is 10.1 Å². The minimum Gasteiger partial charge on any atom is -0.295 e. The van der Waals surface area contributed by atoms with Crippen molar-refractivity contribution in [3.63, 3.8) is 0 Å². The van der Waals surface area contributed by atoms with Crippen LogP contribution in [-0.4, -0.2) is 25.9 Å². The van der Waals surface area contributed by atoms with Gasteiger partial charge in [0.15, 0.2) is 10.0 Å². The van der Waals surface area contributed by atoms with E-state index in [1.807, 2.05) is 0 Å². The molecule has 0 saturated heterocycles. The monoisotopic (exact) mass is 423 g/mol. The van der Waals surface area contributed by atoms with Gasteiger partial charge in [0, 0.05) is 18.2 Å². The zero-order valence-corrected chi connectivity index (χ0v) is 17.4. The fourth-order valence-corrected chi connectivity index (χ4v) is 4.47. The quantitative estimate of drug-likeness (QED) is 0.389. The van der Waals surface area contributed by atoms with Crippen molar-refractivity contribution in [1.82, 2.24) is 20.0 Å². The Balaban J connectivity index is 1.50. The van der Waals surface area contributed by atoms with Crippen molar-refractivity contribution in [2.75, 3.05) is 5.32 Å². The van der Waals surface area contributed by atoms with Crippen molar-refractivity contribution in [3.8, 4) is 0 Å². The van der Waals surface area contributed by atoms with Crippen molar-refractivity contribution >= 4 is 44.9 Å². The van der Waals surface area contributed by atoms with Crippen LogP contribution < -0.4 is 10.9 Å². The first-order chi connectivity index (χ1) is 14.0. The summed E-state index contributed by atoms with van der Waals surface area (Å²) in [4.78, 5) is 25.0. The van der Waals surface area contributed by atoms with Crippen molar-refractivity contribution in [2.24, 2.45) is 7.05 Å². The molecule has 0 aliphatic heterocycles. The minimum atomic E-state index is -0.428. The second-order valence-corrected chi connectivity index (χ2v) is 8.62. The molecule has 0 bridgehead atoms. The molecule has 0 saturated carbocycles. The number of anilines is 1. The first-order valence-electron chi connectivity index (χ1n) is 8.80. The summed E-state index contributed by atoms with van der Waals surface area (Å²) in [5.41, 5.74) is 2.34. The molecule has 9 heteroatoms. The van der Waals surface area contributed by atoms with Gasteiger partial charge in [0.1, 0.15) is 0 Å². The maximum absolute atomic E-state index is 12.8. The Labute approximate surface area is 174 Å². The molecule has 2 aromatic heterocycles. The SMILES string of the molecule is Cc1ccc(CSc2nnc(NC(=O)c3nn(C)c(=O)c4ccccc34)s2)cc1. The predicted octanol–water partition coefficient (Wildman–Crippen LogP) is 3.64. The number of hydrogen-bond acceptors (Lipinski definition) is 7. The molecule has 1 amide bonds. The normalized spacial score (nSPS) is 11.0. The molecule has 7 nitrogen and oxygen atoms in total. The molecule has 0 aliphatic carbocycles. The number of carbonyl (C=O) groups excluding carboxylic acids is 1. The van der Waals surface area contributed by atoms with Crippen LogP contribution >= 0.6 is 23.1 Å². The molecule has 0 aliphatic rings. The van der Waals surface area contributed by atoms with Gasteiger partial charge in [-0.15, -0.1) is 10.2 Å². The Hall–Kier alpha value is -3.04. The Morgan fingerprint density at radius 1 is 1.10 bits per heavy atom. The molecule has 0 fully saturated rings. The molecule has 0 spiro atoms. The largest absolute Gasteiger partial charge is 0.295 e. The van der Waals surface area contributed by atoms with Crippen molar-refractivity contribution in [1.29, 1.82) is 0 Å². The summed E-state index contributed by atoms with van der Waals surface area (Å²) in [6, 6.07) is 15.2. The van der Waals surface area contributed by atoms with Gasteiger partial charge < -0.3 is 0 Å². The van der Waals surface area contributed by atoms with Crippen LogP contribution in [0.25, 0.3) is 10.8 Å². The lowest BCUT2D eigenvalue weighted by Crippen LogP contribution is -2.25. The highest BCUT2D eigenvalue weighted by Crippen LogP contribution is 2.28. The van der Waals surface area contributed by atoms with E-state index in [4.69, 9.17) is 0 Å². The summed E-state index contributed by atoms with van der Waals surface area (Å²) < 4.78 is 1.93. The summed E-state index contributed by atoms with van der Waals surface area (Å²) in [7, 11) is 1.52. The first kappa shape index (κ1) is 19.3. The second kappa shape index (κ2) is 8.14. The Morgan fingerprint density at radius 3 is 2.59 bits per heavy atom. The molecular formula is C20H17N5O2S2. The third-order valence-electron chi connectivity index (χ3n) is 4.28. The molecule has 146 valence electrons. The van der Waals surface area contributed by atoms with Gasteiger partial charge in [0.25, 0.3) is 11.5 Å². The van der Waals surface area contributed by atoms with Gasteiger partial charge in [0.2, 0.25) is 5.13 Å². The van der Waals surface area contributed by atoms with E-state index in [1.165, 1.54) is 34.2 Å². The fourth-order valence-electron chi connectivity index (χ4n) is 2.77. The number of fused-ring (bicyclic) bond motifs is 1. The zero-order valence-electron chi connectivity index (χ0n) is 15.7. The summed E-state index contributed by atoms with van der Waals surface area (Å²) in [5, 5.41) is 16.4. The smallest absolute Gasteiger partial charge is 0.278 e. The number of hydrogen-bond donors (Lipinski definition) is 1. The minimum absolute atomic E-state index is 0.173. The number of aromatic nitrogens is 4. The molecule has 0 atom stereocenters. The van der Waals surface area contributed by atoms with Gasteiger partial charge in [-0.1, -0.05) is 71.1 Å². The molecule has 0 unspecified atom stereocenters. The highest BCUT2D eigenvalue weighted by molar-refractivity contribution is 8.00. The number of aryl methyl sites for hydroxylation is 2. The zero-order chi connectivity index (χ0) is 20.4. The number of thioether (sulfide) groups is 1. The van der Waals surface area contributed by atoms with E-state index in [2.05, 4.69) is 51.8 Å². The summed E-state index contributed by atoms with van der Waals surface area (Å²) in [6.45, 7) is 2.05. The molecule has 29 heavy (non-hydrogen) atoms. The Morgan fingerprint density at radius 2 is 1.83 bits per heavy atom. The maximum atomic E-state index is 12.8. The van der Waals surface area contributed by atoms with Crippen LogP contribution in [0.5, 0.6) is 0 Å². The number of nitrogens with one attached hydrogen (secondary N) is 1. The Kier molecular flexibility index (Phi) is 5.41.